The molecule has 0 aromatic heterocycles. The molecule has 0 fully saturated rings. The van der Waals surface area contributed by atoms with Gasteiger partial charge in [0.1, 0.15) is 0 Å². The van der Waals surface area contributed by atoms with Crippen molar-refractivity contribution in [2.45, 2.75) is 72.0 Å². The molecule has 0 aliphatic heterocycles. The van der Waals surface area contributed by atoms with Crippen LogP contribution in [0.25, 0.3) is 0 Å². The van der Waals surface area contributed by atoms with Crippen LogP contribution >= 0.6 is 0 Å². The molecular weight excluding hydrogens is 304 g/mol. The molecule has 23 heavy (non-hydrogen) atoms. The smallest absolute Gasteiger partial charge is 0.347 e. The molecule has 0 aromatic carbocycles. The quantitative estimate of drug-likeness (QED) is 0.324. The Bertz CT molecular complexity index is 417. The summed E-state index contributed by atoms with van der Waals surface area (Å²) in [4.78, 5) is 45.3. The van der Waals surface area contributed by atoms with Gasteiger partial charge in [0.15, 0.2) is 18.0 Å². The molecule has 0 aromatic rings. The maximum absolute atomic E-state index is 11.6. The first-order valence-corrected chi connectivity index (χ1v) is 7.84. The number of unbranched alkanes of at least 4 members (excludes halogenated alkanes) is 1. The molecule has 0 aliphatic carbocycles. The fourth-order valence-corrected chi connectivity index (χ4v) is 1.50. The summed E-state index contributed by atoms with van der Waals surface area (Å²) < 4.78 is 14.7. The Morgan fingerprint density at radius 1 is 0.870 bits per heavy atom. The summed E-state index contributed by atoms with van der Waals surface area (Å²) in [5.41, 5.74) is 0. The highest BCUT2D eigenvalue weighted by molar-refractivity contribution is 5.83. The number of hydrogen-bond donors (Lipinski definition) is 0. The molecule has 0 aliphatic rings. The molecule has 0 spiro atoms. The molecular formula is C16H26O7. The number of hydrogen-bond acceptors (Lipinski definition) is 7. The van der Waals surface area contributed by atoms with Crippen molar-refractivity contribution in [2.75, 3.05) is 6.61 Å². The van der Waals surface area contributed by atoms with Gasteiger partial charge in [0.2, 0.25) is 0 Å². The number of rotatable bonds is 11. The van der Waals surface area contributed by atoms with Gasteiger partial charge in [0, 0.05) is 12.8 Å². The molecule has 7 nitrogen and oxygen atoms in total. The van der Waals surface area contributed by atoms with E-state index in [-0.39, 0.29) is 18.6 Å². The summed E-state index contributed by atoms with van der Waals surface area (Å²) >= 11 is 0. The fraction of sp³-hybridized carbons (Fsp3) is 0.750. The predicted molar refractivity (Wildman–Crippen MR) is 81.5 cm³/mol. The SMILES string of the molecule is CCCOC(=O)C(C)OC(=O)CCCCC(=O)OC(C)C(C)=O. The zero-order chi connectivity index (χ0) is 17.8. The molecule has 2 atom stereocenters. The average molecular weight is 330 g/mol. The van der Waals surface area contributed by atoms with Crippen molar-refractivity contribution in [1.29, 1.82) is 0 Å². The highest BCUT2D eigenvalue weighted by Crippen LogP contribution is 2.06. The van der Waals surface area contributed by atoms with Gasteiger partial charge >= 0.3 is 17.9 Å². The third-order valence-electron chi connectivity index (χ3n) is 2.98. The van der Waals surface area contributed by atoms with Crippen LogP contribution in [0.5, 0.6) is 0 Å². The van der Waals surface area contributed by atoms with E-state index < -0.39 is 30.1 Å². The number of carbonyl (C=O) groups excluding carboxylic acids is 4. The number of ketones is 1. The Hall–Kier alpha value is -1.92. The van der Waals surface area contributed by atoms with Gasteiger partial charge in [-0.25, -0.2) is 4.79 Å². The standard InChI is InChI=1S/C16H26O7/c1-5-10-21-16(20)13(4)23-15(19)9-7-6-8-14(18)22-12(3)11(2)17/h12-13H,5-10H2,1-4H3. The van der Waals surface area contributed by atoms with Gasteiger partial charge < -0.3 is 14.2 Å². The van der Waals surface area contributed by atoms with Crippen molar-refractivity contribution in [1.82, 2.24) is 0 Å². The first kappa shape index (κ1) is 21.1. The molecule has 7 heteroatoms. The third kappa shape index (κ3) is 10.4. The van der Waals surface area contributed by atoms with Crippen LogP contribution in [0.15, 0.2) is 0 Å². The molecule has 0 rings (SSSR count). The third-order valence-corrected chi connectivity index (χ3v) is 2.98. The maximum atomic E-state index is 11.6. The molecule has 0 amide bonds. The molecule has 0 radical (unpaired) electrons. The van der Waals surface area contributed by atoms with E-state index in [9.17, 15) is 19.2 Å². The number of carbonyl (C=O) groups is 4. The summed E-state index contributed by atoms with van der Waals surface area (Å²) in [7, 11) is 0. The van der Waals surface area contributed by atoms with E-state index in [0.717, 1.165) is 0 Å². The van der Waals surface area contributed by atoms with Gasteiger partial charge in [-0.1, -0.05) is 6.92 Å². The van der Waals surface area contributed by atoms with Gasteiger partial charge in [-0.15, -0.1) is 0 Å². The Morgan fingerprint density at radius 3 is 1.78 bits per heavy atom. The minimum absolute atomic E-state index is 0.0982. The van der Waals surface area contributed by atoms with E-state index >= 15 is 0 Å². The Kier molecular flexibility index (Phi) is 10.7. The molecule has 0 bridgehead atoms. The van der Waals surface area contributed by atoms with Gasteiger partial charge in [-0.05, 0) is 40.0 Å². The second kappa shape index (κ2) is 11.6. The van der Waals surface area contributed by atoms with Crippen LogP contribution in [-0.2, 0) is 33.4 Å². The Morgan fingerprint density at radius 2 is 1.35 bits per heavy atom. The fourth-order valence-electron chi connectivity index (χ4n) is 1.50. The van der Waals surface area contributed by atoms with Gasteiger partial charge in [0.05, 0.1) is 6.61 Å². The largest absolute Gasteiger partial charge is 0.463 e. The van der Waals surface area contributed by atoms with E-state index in [1.807, 2.05) is 6.92 Å². The highest BCUT2D eigenvalue weighted by atomic mass is 16.6. The summed E-state index contributed by atoms with van der Waals surface area (Å²) in [6.45, 7) is 6.47. The predicted octanol–water partition coefficient (Wildman–Crippen LogP) is 1.95. The van der Waals surface area contributed by atoms with E-state index in [1.165, 1.54) is 20.8 Å². The first-order valence-electron chi connectivity index (χ1n) is 7.84. The zero-order valence-corrected chi connectivity index (χ0v) is 14.3. The van der Waals surface area contributed by atoms with Crippen LogP contribution in [0.4, 0.5) is 0 Å². The lowest BCUT2D eigenvalue weighted by Crippen LogP contribution is -2.26. The molecule has 0 saturated carbocycles. The second-order valence-electron chi connectivity index (χ2n) is 5.25. The van der Waals surface area contributed by atoms with Crippen LogP contribution in [0.2, 0.25) is 0 Å². The number of Topliss-reactive ketones (excluding diaryl/α,β-unsaturated/α-hetero) is 1. The van der Waals surface area contributed by atoms with E-state index in [4.69, 9.17) is 14.2 Å². The van der Waals surface area contributed by atoms with Gasteiger partial charge in [-0.3, -0.25) is 14.4 Å². The topological polar surface area (TPSA) is 96.0 Å². The lowest BCUT2D eigenvalue weighted by molar-refractivity contribution is -0.166. The lowest BCUT2D eigenvalue weighted by atomic mass is 10.2. The second-order valence-corrected chi connectivity index (χ2v) is 5.25. The summed E-state index contributed by atoms with van der Waals surface area (Å²) in [6, 6.07) is 0. The average Bonchev–Trinajstić information content (AvgIpc) is 2.48. The van der Waals surface area contributed by atoms with Crippen molar-refractivity contribution in [2.24, 2.45) is 0 Å². The van der Waals surface area contributed by atoms with Crippen molar-refractivity contribution in [3.05, 3.63) is 0 Å². The zero-order valence-electron chi connectivity index (χ0n) is 14.3. The van der Waals surface area contributed by atoms with Crippen LogP contribution in [-0.4, -0.2) is 42.5 Å². The van der Waals surface area contributed by atoms with Gasteiger partial charge in [-0.2, -0.15) is 0 Å². The summed E-state index contributed by atoms with van der Waals surface area (Å²) in [5.74, 6) is -1.78. The van der Waals surface area contributed by atoms with E-state index in [1.54, 1.807) is 0 Å². The van der Waals surface area contributed by atoms with Crippen LogP contribution in [0.3, 0.4) is 0 Å². The molecule has 2 unspecified atom stereocenters. The normalized spacial score (nSPS) is 12.9. The van der Waals surface area contributed by atoms with Crippen molar-refractivity contribution in [3.8, 4) is 0 Å². The Balaban J connectivity index is 3.84. The van der Waals surface area contributed by atoms with Crippen LogP contribution in [0.1, 0.15) is 59.8 Å². The van der Waals surface area contributed by atoms with Gasteiger partial charge in [0.25, 0.3) is 0 Å². The Labute approximate surface area is 136 Å². The molecule has 0 N–H and O–H groups in total. The summed E-state index contributed by atoms with van der Waals surface area (Å²) in [5, 5.41) is 0. The monoisotopic (exact) mass is 330 g/mol. The lowest BCUT2D eigenvalue weighted by Gasteiger charge is -2.12. The van der Waals surface area contributed by atoms with E-state index in [0.29, 0.717) is 25.9 Å². The van der Waals surface area contributed by atoms with Crippen LogP contribution < -0.4 is 0 Å². The summed E-state index contributed by atoms with van der Waals surface area (Å²) in [6.07, 6.45) is 0.106. The minimum atomic E-state index is -0.935. The molecule has 0 saturated heterocycles. The number of esters is 3. The molecule has 132 valence electrons. The maximum Gasteiger partial charge on any atom is 0.347 e. The first-order chi connectivity index (χ1) is 10.8. The van der Waals surface area contributed by atoms with Crippen molar-refractivity contribution in [3.63, 3.8) is 0 Å². The van der Waals surface area contributed by atoms with Crippen molar-refractivity contribution >= 4 is 23.7 Å². The molecule has 0 heterocycles. The highest BCUT2D eigenvalue weighted by Gasteiger charge is 2.19. The van der Waals surface area contributed by atoms with Crippen LogP contribution in [0, 0.1) is 0 Å². The van der Waals surface area contributed by atoms with Crippen molar-refractivity contribution < 1.29 is 33.4 Å². The number of ether oxygens (including phenoxy) is 3. The van der Waals surface area contributed by atoms with E-state index in [2.05, 4.69) is 0 Å². The minimum Gasteiger partial charge on any atom is -0.463 e.